The van der Waals surface area contributed by atoms with Gasteiger partial charge in [0.25, 0.3) is 0 Å². The summed E-state index contributed by atoms with van der Waals surface area (Å²) in [7, 11) is 0. The maximum atomic E-state index is 11.5. The molecule has 0 N–H and O–H groups in total. The van der Waals surface area contributed by atoms with E-state index in [1.807, 2.05) is 17.0 Å². The molecule has 1 atom stereocenters. The van der Waals surface area contributed by atoms with Crippen LogP contribution in [-0.4, -0.2) is 16.9 Å². The molecule has 0 spiro atoms. The second-order valence-corrected chi connectivity index (χ2v) is 4.94. The molecule has 0 bridgehead atoms. The average molecular weight is 315 g/mol. The maximum absolute atomic E-state index is 11.5. The fourth-order valence-electron chi connectivity index (χ4n) is 2.17. The molecule has 0 radical (unpaired) electrons. The Hall–Kier alpha value is -0.580. The molecule has 0 aromatic heterocycles. The second kappa shape index (κ2) is 4.51. The predicted molar refractivity (Wildman–Crippen MR) is 70.7 cm³/mol. The summed E-state index contributed by atoms with van der Waals surface area (Å²) in [6, 6.07) is 8.25. The molecule has 0 saturated carbocycles. The number of hydrogen-bond donors (Lipinski definition) is 0. The van der Waals surface area contributed by atoms with E-state index in [0.29, 0.717) is 5.92 Å². The standard InChI is InChI=1S/C12H14INO/c1-9(15)14-8-10(6-7-13)11-4-2-3-5-12(11)14/h2-5,10H,6-8H2,1H3. The predicted octanol–water partition coefficient (Wildman–Crippen LogP) is 2.96. The molecule has 3 heteroatoms. The first-order chi connectivity index (χ1) is 7.24. The van der Waals surface area contributed by atoms with Gasteiger partial charge in [-0.05, 0) is 18.1 Å². The minimum atomic E-state index is 0.151. The zero-order chi connectivity index (χ0) is 10.8. The van der Waals surface area contributed by atoms with E-state index in [2.05, 4.69) is 34.7 Å². The number of nitrogens with zero attached hydrogens (tertiary/aromatic N) is 1. The highest BCUT2D eigenvalue weighted by molar-refractivity contribution is 14.1. The lowest BCUT2D eigenvalue weighted by Crippen LogP contribution is -2.27. The Labute approximate surface area is 104 Å². The molecule has 2 rings (SSSR count). The van der Waals surface area contributed by atoms with Crippen molar-refractivity contribution in [2.45, 2.75) is 19.3 Å². The van der Waals surface area contributed by atoms with Crippen LogP contribution in [0.2, 0.25) is 0 Å². The number of anilines is 1. The van der Waals surface area contributed by atoms with E-state index in [1.54, 1.807) is 6.92 Å². The summed E-state index contributed by atoms with van der Waals surface area (Å²) in [6.07, 6.45) is 1.15. The zero-order valence-electron chi connectivity index (χ0n) is 8.74. The highest BCUT2D eigenvalue weighted by Crippen LogP contribution is 2.38. The Bertz CT molecular complexity index is 378. The van der Waals surface area contributed by atoms with Crippen LogP contribution in [0.15, 0.2) is 24.3 Å². The van der Waals surface area contributed by atoms with Crippen molar-refractivity contribution < 1.29 is 4.79 Å². The number of alkyl halides is 1. The molecule has 1 aromatic carbocycles. The SMILES string of the molecule is CC(=O)N1CC(CCI)c2ccccc21. The molecule has 1 unspecified atom stereocenters. The number of amides is 1. The topological polar surface area (TPSA) is 20.3 Å². The minimum absolute atomic E-state index is 0.151. The number of fused-ring (bicyclic) bond motifs is 1. The Balaban J connectivity index is 2.35. The lowest BCUT2D eigenvalue weighted by molar-refractivity contribution is -0.116. The lowest BCUT2D eigenvalue weighted by Gasteiger charge is -2.14. The summed E-state index contributed by atoms with van der Waals surface area (Å²) < 4.78 is 1.14. The van der Waals surface area contributed by atoms with Gasteiger partial charge in [-0.15, -0.1) is 0 Å². The van der Waals surface area contributed by atoms with Crippen molar-refractivity contribution in [3.8, 4) is 0 Å². The number of halogens is 1. The van der Waals surface area contributed by atoms with Gasteiger partial charge in [-0.1, -0.05) is 40.8 Å². The van der Waals surface area contributed by atoms with Crippen molar-refractivity contribution in [2.75, 3.05) is 15.9 Å². The average Bonchev–Trinajstić information content (AvgIpc) is 2.59. The third-order valence-corrected chi connectivity index (χ3v) is 3.53. The first-order valence-corrected chi connectivity index (χ1v) is 6.69. The summed E-state index contributed by atoms with van der Waals surface area (Å²) in [5.41, 5.74) is 2.45. The van der Waals surface area contributed by atoms with Crippen LogP contribution in [0.1, 0.15) is 24.8 Å². The van der Waals surface area contributed by atoms with Gasteiger partial charge in [0.15, 0.2) is 0 Å². The number of hydrogen-bond acceptors (Lipinski definition) is 1. The van der Waals surface area contributed by atoms with Gasteiger partial charge in [-0.25, -0.2) is 0 Å². The van der Waals surface area contributed by atoms with Crippen LogP contribution in [0, 0.1) is 0 Å². The summed E-state index contributed by atoms with van der Waals surface area (Å²) in [6.45, 7) is 2.50. The quantitative estimate of drug-likeness (QED) is 0.607. The van der Waals surface area contributed by atoms with Crippen LogP contribution >= 0.6 is 22.6 Å². The molecular formula is C12H14INO. The Kier molecular flexibility index (Phi) is 3.29. The van der Waals surface area contributed by atoms with E-state index in [9.17, 15) is 4.79 Å². The number of carbonyl (C=O) groups is 1. The number of carbonyl (C=O) groups excluding carboxylic acids is 1. The molecule has 1 heterocycles. The van der Waals surface area contributed by atoms with Crippen LogP contribution in [0.4, 0.5) is 5.69 Å². The molecule has 15 heavy (non-hydrogen) atoms. The van der Waals surface area contributed by atoms with E-state index >= 15 is 0 Å². The van der Waals surface area contributed by atoms with Crippen LogP contribution in [0.3, 0.4) is 0 Å². The monoisotopic (exact) mass is 315 g/mol. The van der Waals surface area contributed by atoms with E-state index in [1.165, 1.54) is 5.56 Å². The van der Waals surface area contributed by atoms with Crippen LogP contribution in [0.5, 0.6) is 0 Å². The first kappa shape index (κ1) is 10.9. The molecule has 1 aromatic rings. The second-order valence-electron chi connectivity index (χ2n) is 3.86. The summed E-state index contributed by atoms with van der Waals surface area (Å²) in [4.78, 5) is 13.4. The molecule has 1 aliphatic rings. The molecule has 0 saturated heterocycles. The van der Waals surface area contributed by atoms with Crippen molar-refractivity contribution in [1.82, 2.24) is 0 Å². The van der Waals surface area contributed by atoms with Crippen LogP contribution < -0.4 is 4.90 Å². The Morgan fingerprint density at radius 2 is 2.27 bits per heavy atom. The summed E-state index contributed by atoms with van der Waals surface area (Å²) in [5.74, 6) is 0.681. The van der Waals surface area contributed by atoms with Gasteiger partial charge in [-0.2, -0.15) is 0 Å². The molecule has 1 amide bonds. The normalized spacial score (nSPS) is 19.1. The van der Waals surface area contributed by atoms with Crippen molar-refractivity contribution in [1.29, 1.82) is 0 Å². The molecule has 2 nitrogen and oxygen atoms in total. The molecule has 1 aliphatic heterocycles. The molecule has 0 fully saturated rings. The van der Waals surface area contributed by atoms with E-state index in [0.717, 1.165) is 23.1 Å². The van der Waals surface area contributed by atoms with Gasteiger partial charge in [0.2, 0.25) is 5.91 Å². The van der Waals surface area contributed by atoms with Crippen molar-refractivity contribution in [3.05, 3.63) is 29.8 Å². The van der Waals surface area contributed by atoms with E-state index in [-0.39, 0.29) is 5.91 Å². The summed E-state index contributed by atoms with van der Waals surface area (Å²) >= 11 is 2.40. The van der Waals surface area contributed by atoms with Gasteiger partial charge >= 0.3 is 0 Å². The van der Waals surface area contributed by atoms with Gasteiger partial charge in [-0.3, -0.25) is 4.79 Å². The largest absolute Gasteiger partial charge is 0.312 e. The van der Waals surface area contributed by atoms with Crippen molar-refractivity contribution in [3.63, 3.8) is 0 Å². The number of rotatable bonds is 2. The van der Waals surface area contributed by atoms with Crippen LogP contribution in [-0.2, 0) is 4.79 Å². The van der Waals surface area contributed by atoms with Gasteiger partial charge in [0.05, 0.1) is 0 Å². The first-order valence-electron chi connectivity index (χ1n) is 5.17. The van der Waals surface area contributed by atoms with Gasteiger partial charge in [0, 0.05) is 29.5 Å². The smallest absolute Gasteiger partial charge is 0.223 e. The van der Waals surface area contributed by atoms with E-state index in [4.69, 9.17) is 0 Å². The highest BCUT2D eigenvalue weighted by Gasteiger charge is 2.29. The molecule has 0 aliphatic carbocycles. The Morgan fingerprint density at radius 1 is 1.53 bits per heavy atom. The number of benzene rings is 1. The zero-order valence-corrected chi connectivity index (χ0v) is 10.9. The lowest BCUT2D eigenvalue weighted by atomic mass is 9.99. The third-order valence-electron chi connectivity index (χ3n) is 2.91. The fourth-order valence-corrected chi connectivity index (χ4v) is 2.92. The molecule has 80 valence electrons. The van der Waals surface area contributed by atoms with Crippen LogP contribution in [0.25, 0.3) is 0 Å². The number of para-hydroxylation sites is 1. The fraction of sp³-hybridized carbons (Fsp3) is 0.417. The maximum Gasteiger partial charge on any atom is 0.223 e. The van der Waals surface area contributed by atoms with Gasteiger partial charge in [0.1, 0.15) is 0 Å². The summed E-state index contributed by atoms with van der Waals surface area (Å²) in [5, 5.41) is 0. The van der Waals surface area contributed by atoms with Gasteiger partial charge < -0.3 is 4.90 Å². The molecular weight excluding hydrogens is 301 g/mol. The Morgan fingerprint density at radius 3 is 2.93 bits per heavy atom. The highest BCUT2D eigenvalue weighted by atomic mass is 127. The third kappa shape index (κ3) is 2.02. The minimum Gasteiger partial charge on any atom is -0.312 e. The van der Waals surface area contributed by atoms with Crippen molar-refractivity contribution in [2.24, 2.45) is 0 Å². The van der Waals surface area contributed by atoms with Crippen molar-refractivity contribution >= 4 is 34.2 Å². The van der Waals surface area contributed by atoms with E-state index < -0.39 is 0 Å².